The fourth-order valence-corrected chi connectivity index (χ4v) is 7.53. The minimum atomic E-state index is -5.27. The maximum Gasteiger partial charge on any atom is -0.269 e. The Morgan fingerprint density at radius 3 is 2.43 bits per heavy atom. The number of hydrogen-bond acceptors (Lipinski definition) is 4. The van der Waals surface area contributed by atoms with Crippen molar-refractivity contribution < 1.29 is 17.5 Å². The molecule has 1 unspecified atom stereocenters. The number of hydrogen-bond donors (Lipinski definition) is 1. The molecule has 0 bridgehead atoms. The van der Waals surface area contributed by atoms with E-state index in [9.17, 15) is 4.39 Å². The molecule has 0 saturated carbocycles. The zero-order valence-electron chi connectivity index (χ0n) is 21.4. The Kier molecular flexibility index (Phi) is 7.19. The molecule has 4 aliphatic rings. The second kappa shape index (κ2) is 9.79. The molecule has 1 atom stereocenters. The van der Waals surface area contributed by atoms with Crippen molar-refractivity contribution in [3.8, 4) is 0 Å². The van der Waals surface area contributed by atoms with Crippen molar-refractivity contribution >= 4 is 18.6 Å². The molecule has 0 radical (unpaired) electrons. The maximum atomic E-state index is 15.7. The summed E-state index contributed by atoms with van der Waals surface area (Å²) in [5.74, 6) is 0.301. The van der Waals surface area contributed by atoms with Crippen molar-refractivity contribution in [2.24, 2.45) is 10.9 Å². The van der Waals surface area contributed by atoms with E-state index in [1.807, 2.05) is 13.0 Å². The molecule has 1 N–H and O–H groups in total. The van der Waals surface area contributed by atoms with Gasteiger partial charge in [0.1, 0.15) is 0 Å². The van der Waals surface area contributed by atoms with E-state index >= 15 is 8.39 Å². The normalized spacial score (nSPS) is 26.4. The van der Waals surface area contributed by atoms with Crippen LogP contribution in [0.1, 0.15) is 38.2 Å². The molecule has 9 heteroatoms. The van der Waals surface area contributed by atoms with Gasteiger partial charge in [-0.15, -0.1) is 0 Å². The Balaban J connectivity index is 0.00000320. The summed E-state index contributed by atoms with van der Waals surface area (Å²) < 4.78 is 45.2. The van der Waals surface area contributed by atoms with Gasteiger partial charge >= 0.3 is 212 Å². The minimum absolute atomic E-state index is 0. The first kappa shape index (κ1) is 27.2. The predicted octanol–water partition coefficient (Wildman–Crippen LogP) is 7.24. The molecule has 0 aromatic heterocycles. The molecule has 5 rings (SSSR count). The van der Waals surface area contributed by atoms with E-state index in [0.717, 1.165) is 61.0 Å². The van der Waals surface area contributed by atoms with Crippen LogP contribution in [0.3, 0.4) is 0 Å². The summed E-state index contributed by atoms with van der Waals surface area (Å²) in [7, 11) is -5.27. The summed E-state index contributed by atoms with van der Waals surface area (Å²) in [5, 5.41) is 2.93. The number of likely N-dealkylation sites (tertiary alicyclic amines) is 1. The zero-order valence-corrected chi connectivity index (χ0v) is 22.3. The van der Waals surface area contributed by atoms with E-state index in [2.05, 4.69) is 28.3 Å². The summed E-state index contributed by atoms with van der Waals surface area (Å²) in [6.45, 7) is 14.2. The Hall–Kier alpha value is -2.86. The van der Waals surface area contributed by atoms with Gasteiger partial charge in [-0.1, -0.05) is 0 Å². The van der Waals surface area contributed by atoms with E-state index in [1.165, 1.54) is 18.6 Å². The first-order chi connectivity index (χ1) is 17.0. The van der Waals surface area contributed by atoms with Crippen LogP contribution in [-0.4, -0.2) is 48.5 Å². The van der Waals surface area contributed by atoms with Gasteiger partial charge in [-0.2, -0.15) is 0 Å². The Morgan fingerprint density at radius 2 is 1.76 bits per heavy atom. The van der Waals surface area contributed by atoms with Crippen molar-refractivity contribution in [2.45, 2.75) is 32.6 Å². The first-order valence-electron chi connectivity index (χ1n) is 12.6. The van der Waals surface area contributed by atoms with Gasteiger partial charge in [0.15, 0.2) is 0 Å². The number of nitrogens with one attached hydrogen (secondary N) is 1. The topological polar surface area (TPSA) is 30.9 Å². The second-order valence-electron chi connectivity index (χ2n) is 10.3. The van der Waals surface area contributed by atoms with E-state index in [4.69, 9.17) is 4.99 Å². The zero-order chi connectivity index (χ0) is 25.7. The van der Waals surface area contributed by atoms with Crippen LogP contribution >= 0.6 is 7.22 Å². The van der Waals surface area contributed by atoms with Gasteiger partial charge in [-0.3, -0.25) is 4.70 Å². The molecule has 2 saturated heterocycles. The monoisotopic (exact) mass is 534 g/mol. The van der Waals surface area contributed by atoms with Crippen LogP contribution in [0.2, 0.25) is 0 Å². The number of allylic oxidation sites excluding steroid dienone is 4. The number of halogens is 4. The third-order valence-corrected chi connectivity index (χ3v) is 10.6. The van der Waals surface area contributed by atoms with Gasteiger partial charge in [-0.05, 0) is 0 Å². The average molecular weight is 535 g/mol. The molecule has 3 aliphatic heterocycles. The van der Waals surface area contributed by atoms with E-state index in [-0.39, 0.29) is 27.2 Å². The summed E-state index contributed by atoms with van der Waals surface area (Å²) in [4.78, 5) is 9.28. The quantitative estimate of drug-likeness (QED) is 0.328. The smallest absolute Gasteiger partial charge is 0.269 e. The molecule has 200 valence electrons. The summed E-state index contributed by atoms with van der Waals surface area (Å²) in [5.41, 5.74) is 3.81. The molecule has 0 amide bonds. The van der Waals surface area contributed by atoms with Crippen LogP contribution < -0.4 is 5.32 Å². The minimum Gasteiger partial charge on any atom is -0.269 e. The van der Waals surface area contributed by atoms with Gasteiger partial charge in [0, 0.05) is 0 Å². The number of rotatable bonds is 3. The maximum absolute atomic E-state index is 15.7. The molecule has 1 aliphatic carbocycles. The van der Waals surface area contributed by atoms with Crippen LogP contribution in [0.25, 0.3) is 5.57 Å². The Bertz CT molecular complexity index is 1230. The fourth-order valence-electron chi connectivity index (χ4n) is 5.66. The third kappa shape index (κ3) is 4.76. The molecule has 0 spiro atoms. The molecule has 37 heavy (non-hydrogen) atoms. The van der Waals surface area contributed by atoms with Crippen molar-refractivity contribution in [2.75, 3.05) is 32.8 Å². The SMILES string of the molecule is C=C1C(N2CCCCC2)=NCCN1/C(=C(\C)c1ccc(F)cc1)C1C=C2C(=CC1)NC(=C)P2(C)(F)F.F. The second-order valence-corrected chi connectivity index (χ2v) is 13.9. The van der Waals surface area contributed by atoms with Crippen molar-refractivity contribution in [1.82, 2.24) is 15.1 Å². The van der Waals surface area contributed by atoms with E-state index < -0.39 is 7.22 Å². The number of piperidine rings is 1. The van der Waals surface area contributed by atoms with Crippen molar-refractivity contribution in [1.29, 1.82) is 0 Å². The number of aliphatic imine (C=N–C) groups is 1. The molecule has 2 fully saturated rings. The molecule has 3 heterocycles. The van der Waals surface area contributed by atoms with E-state index in [0.29, 0.717) is 25.2 Å². The van der Waals surface area contributed by atoms with Gasteiger partial charge in [0.25, 0.3) is 0 Å². The number of benzene rings is 1. The third-order valence-electron chi connectivity index (χ3n) is 7.77. The standard InChI is InChI=1S/C28H34F3N4P.FH/c1-19(22-8-11-24(29)12-9-22)27(23-10-13-25-26(18-23)36(4,30,31)21(3)33-25)35-17-14-32-28(20(35)2)34-15-6-5-7-16-34;/h8-9,11-13,18,23,33H,2-3,5-7,10,14-17H2,1,4H3;1H/b27-19+;. The molecular weight excluding hydrogens is 499 g/mol. The molecular formula is C28H35F4N4P. The summed E-state index contributed by atoms with van der Waals surface area (Å²) in [6, 6.07) is 6.37. The predicted molar refractivity (Wildman–Crippen MR) is 147 cm³/mol. The molecule has 1 aromatic carbocycles. The van der Waals surface area contributed by atoms with Crippen molar-refractivity contribution in [3.05, 3.63) is 88.8 Å². The number of fused-ring (bicyclic) bond motifs is 1. The van der Waals surface area contributed by atoms with Crippen molar-refractivity contribution in [3.63, 3.8) is 0 Å². The summed E-state index contributed by atoms with van der Waals surface area (Å²) >= 11 is 0. The molecule has 1 aromatic rings. The van der Waals surface area contributed by atoms with Crippen LogP contribution in [-0.2, 0) is 0 Å². The van der Waals surface area contributed by atoms with Gasteiger partial charge < -0.3 is 0 Å². The number of amidine groups is 1. The van der Waals surface area contributed by atoms with Gasteiger partial charge in [-0.25, -0.2) is 0 Å². The van der Waals surface area contributed by atoms with Crippen LogP contribution in [0.15, 0.2) is 82.4 Å². The average Bonchev–Trinajstić information content (AvgIpc) is 3.05. The fraction of sp³-hybridized carbons (Fsp3) is 0.393. The van der Waals surface area contributed by atoms with E-state index in [1.54, 1.807) is 18.2 Å². The van der Waals surface area contributed by atoms with Gasteiger partial charge in [0.05, 0.1) is 0 Å². The Morgan fingerprint density at radius 1 is 1.08 bits per heavy atom. The first-order valence-corrected chi connectivity index (χ1v) is 15.1. The summed E-state index contributed by atoms with van der Waals surface area (Å²) in [6.07, 6.45) is 7.64. The Labute approximate surface area is 216 Å². The van der Waals surface area contributed by atoms with Crippen LogP contribution in [0.4, 0.5) is 17.5 Å². The van der Waals surface area contributed by atoms with Crippen LogP contribution in [0.5, 0.6) is 0 Å². The number of nitrogens with zero attached hydrogens (tertiary/aromatic N) is 3. The van der Waals surface area contributed by atoms with Crippen LogP contribution in [0, 0.1) is 11.7 Å². The largest absolute Gasteiger partial charge is 0.269 e. The molecule has 4 nitrogen and oxygen atoms in total. The van der Waals surface area contributed by atoms with Gasteiger partial charge in [0.2, 0.25) is 0 Å².